The molecular weight excluding hydrogens is 263 g/mol. The Hall–Kier alpha value is -0.340. The highest BCUT2D eigenvalue weighted by Crippen LogP contribution is 2.24. The number of carbonyl (C=O) groups is 1. The summed E-state index contributed by atoms with van der Waals surface area (Å²) < 4.78 is 1.01. The minimum absolute atomic E-state index is 0.109. The van der Waals surface area contributed by atoms with Crippen molar-refractivity contribution in [1.82, 2.24) is 0 Å². The molecule has 0 spiro atoms. The van der Waals surface area contributed by atoms with Crippen molar-refractivity contribution < 1.29 is 4.79 Å². The zero-order valence-electron chi connectivity index (χ0n) is 8.23. The van der Waals surface area contributed by atoms with Crippen molar-refractivity contribution in [3.05, 3.63) is 33.3 Å². The number of hydrogen-bond donors (Lipinski definition) is 0. The Labute approximate surface area is 97.6 Å². The highest BCUT2D eigenvalue weighted by atomic mass is 79.9. The molecule has 0 aliphatic heterocycles. The summed E-state index contributed by atoms with van der Waals surface area (Å²) >= 11 is 9.00. The molecule has 0 aromatic heterocycles. The van der Waals surface area contributed by atoms with Crippen molar-refractivity contribution in [1.29, 1.82) is 0 Å². The monoisotopic (exact) mass is 274 g/mol. The quantitative estimate of drug-likeness (QED) is 0.604. The fourth-order valence-corrected chi connectivity index (χ4v) is 1.86. The van der Waals surface area contributed by atoms with Crippen molar-refractivity contribution in [3.8, 4) is 0 Å². The van der Waals surface area contributed by atoms with Gasteiger partial charge in [-0.2, -0.15) is 0 Å². The predicted molar refractivity (Wildman–Crippen MR) is 63.3 cm³/mol. The molecule has 1 nitrogen and oxygen atoms in total. The van der Waals surface area contributed by atoms with Crippen LogP contribution in [0.15, 0.2) is 16.6 Å². The third kappa shape index (κ3) is 2.37. The number of carbonyl (C=O) groups excluding carboxylic acids is 1. The maximum Gasteiger partial charge on any atom is 0.164 e. The first kappa shape index (κ1) is 11.7. The largest absolute Gasteiger partial charge is 0.294 e. The highest BCUT2D eigenvalue weighted by molar-refractivity contribution is 9.10. The van der Waals surface area contributed by atoms with Gasteiger partial charge in [-0.1, -0.05) is 28.1 Å². The summed E-state index contributed by atoms with van der Waals surface area (Å²) in [6, 6.07) is 3.81. The van der Waals surface area contributed by atoms with Gasteiger partial charge in [-0.05, 0) is 25.0 Å². The maximum atomic E-state index is 11.6. The van der Waals surface area contributed by atoms with Crippen LogP contribution in [0, 0.1) is 13.8 Å². The summed E-state index contributed by atoms with van der Waals surface area (Å²) in [6.07, 6.45) is 0.401. The maximum absolute atomic E-state index is 11.6. The Morgan fingerprint density at radius 3 is 2.64 bits per heavy atom. The van der Waals surface area contributed by atoms with Crippen LogP contribution < -0.4 is 0 Å². The Morgan fingerprint density at radius 1 is 1.43 bits per heavy atom. The van der Waals surface area contributed by atoms with Gasteiger partial charge in [0.15, 0.2) is 5.78 Å². The van der Waals surface area contributed by atoms with Crippen LogP contribution in [-0.2, 0) is 0 Å². The number of aryl methyl sites for hydroxylation is 1. The lowest BCUT2D eigenvalue weighted by atomic mass is 10.0. The van der Waals surface area contributed by atoms with Crippen LogP contribution in [0.4, 0.5) is 0 Å². The Balaban J connectivity index is 3.11. The van der Waals surface area contributed by atoms with Gasteiger partial charge >= 0.3 is 0 Å². The van der Waals surface area contributed by atoms with Gasteiger partial charge in [0, 0.05) is 22.3 Å². The van der Waals surface area contributed by atoms with Crippen LogP contribution in [0.1, 0.15) is 27.9 Å². The van der Waals surface area contributed by atoms with Crippen LogP contribution in [0.5, 0.6) is 0 Å². The minimum Gasteiger partial charge on any atom is -0.294 e. The summed E-state index contributed by atoms with van der Waals surface area (Å²) in [4.78, 5) is 11.6. The van der Waals surface area contributed by atoms with Crippen molar-refractivity contribution >= 4 is 33.3 Å². The Kier molecular flexibility index (Phi) is 4.14. The van der Waals surface area contributed by atoms with Gasteiger partial charge in [-0.15, -0.1) is 11.6 Å². The molecule has 0 aliphatic carbocycles. The lowest BCUT2D eigenvalue weighted by molar-refractivity contribution is 0.0988. The van der Waals surface area contributed by atoms with E-state index in [4.69, 9.17) is 11.6 Å². The molecule has 0 atom stereocenters. The van der Waals surface area contributed by atoms with Gasteiger partial charge in [0.25, 0.3) is 0 Å². The molecule has 0 aliphatic rings. The van der Waals surface area contributed by atoms with Crippen LogP contribution in [0.25, 0.3) is 0 Å². The first-order valence-corrected chi connectivity index (χ1v) is 5.75. The number of halogens is 2. The van der Waals surface area contributed by atoms with E-state index in [0.717, 1.165) is 21.2 Å². The molecule has 0 N–H and O–H groups in total. The second-order valence-electron chi connectivity index (χ2n) is 3.23. The number of ketones is 1. The predicted octanol–water partition coefficient (Wildman–Crippen LogP) is 3.88. The van der Waals surface area contributed by atoms with E-state index in [1.165, 1.54) is 0 Å². The van der Waals surface area contributed by atoms with Crippen LogP contribution in [0.3, 0.4) is 0 Å². The topological polar surface area (TPSA) is 17.1 Å². The summed E-state index contributed by atoms with van der Waals surface area (Å²) in [5, 5.41) is 0. The van der Waals surface area contributed by atoms with E-state index >= 15 is 0 Å². The number of alkyl halides is 1. The van der Waals surface area contributed by atoms with Crippen molar-refractivity contribution in [2.75, 3.05) is 5.88 Å². The van der Waals surface area contributed by atoms with Crippen LogP contribution in [-0.4, -0.2) is 11.7 Å². The van der Waals surface area contributed by atoms with E-state index in [0.29, 0.717) is 12.3 Å². The van der Waals surface area contributed by atoms with E-state index in [2.05, 4.69) is 15.9 Å². The normalized spacial score (nSPS) is 10.3. The molecule has 1 aromatic rings. The molecule has 0 heterocycles. The summed E-state index contributed by atoms with van der Waals surface area (Å²) in [5.41, 5.74) is 2.91. The van der Waals surface area contributed by atoms with Gasteiger partial charge < -0.3 is 0 Å². The Morgan fingerprint density at radius 2 is 2.07 bits per heavy atom. The summed E-state index contributed by atoms with van der Waals surface area (Å²) in [6.45, 7) is 3.95. The number of hydrogen-bond acceptors (Lipinski definition) is 1. The molecule has 14 heavy (non-hydrogen) atoms. The van der Waals surface area contributed by atoms with E-state index in [-0.39, 0.29) is 5.78 Å². The SMILES string of the molecule is Cc1ccc(C(=O)CCCl)c(C)c1Br. The fourth-order valence-electron chi connectivity index (χ4n) is 1.34. The van der Waals surface area contributed by atoms with E-state index in [9.17, 15) is 4.79 Å². The molecule has 0 bridgehead atoms. The zero-order chi connectivity index (χ0) is 10.7. The molecule has 1 aromatic carbocycles. The molecule has 0 saturated heterocycles. The van der Waals surface area contributed by atoms with E-state index < -0.39 is 0 Å². The van der Waals surface area contributed by atoms with Crippen LogP contribution in [0.2, 0.25) is 0 Å². The third-order valence-corrected chi connectivity index (χ3v) is 3.61. The highest BCUT2D eigenvalue weighted by Gasteiger charge is 2.11. The molecular formula is C11H12BrClO. The first-order chi connectivity index (χ1) is 6.57. The number of rotatable bonds is 3. The summed E-state index contributed by atoms with van der Waals surface area (Å²) in [5.74, 6) is 0.488. The molecule has 76 valence electrons. The third-order valence-electron chi connectivity index (χ3n) is 2.20. The van der Waals surface area contributed by atoms with Gasteiger partial charge in [0.1, 0.15) is 0 Å². The average Bonchev–Trinajstić information content (AvgIpc) is 2.15. The lowest BCUT2D eigenvalue weighted by Crippen LogP contribution is -2.03. The zero-order valence-corrected chi connectivity index (χ0v) is 10.6. The Bertz CT molecular complexity index is 361. The standard InChI is InChI=1S/C11H12BrClO/c1-7-3-4-9(8(2)11(7)12)10(14)5-6-13/h3-4H,5-6H2,1-2H3. The summed E-state index contributed by atoms with van der Waals surface area (Å²) in [7, 11) is 0. The number of benzene rings is 1. The molecule has 0 unspecified atom stereocenters. The van der Waals surface area contributed by atoms with Crippen LogP contribution >= 0.6 is 27.5 Å². The smallest absolute Gasteiger partial charge is 0.164 e. The molecule has 3 heteroatoms. The van der Waals surface area contributed by atoms with Gasteiger partial charge in [0.2, 0.25) is 0 Å². The van der Waals surface area contributed by atoms with Gasteiger partial charge in [-0.25, -0.2) is 0 Å². The first-order valence-electron chi connectivity index (χ1n) is 4.42. The lowest BCUT2D eigenvalue weighted by Gasteiger charge is -2.08. The average molecular weight is 276 g/mol. The second-order valence-corrected chi connectivity index (χ2v) is 4.40. The van der Waals surface area contributed by atoms with Gasteiger partial charge in [-0.3, -0.25) is 4.79 Å². The number of Topliss-reactive ketones (excluding diaryl/α,β-unsaturated/α-hetero) is 1. The molecule has 1 rings (SSSR count). The molecule has 0 radical (unpaired) electrons. The van der Waals surface area contributed by atoms with E-state index in [1.54, 1.807) is 0 Å². The fraction of sp³-hybridized carbons (Fsp3) is 0.364. The molecule has 0 amide bonds. The van der Waals surface area contributed by atoms with Gasteiger partial charge in [0.05, 0.1) is 0 Å². The second kappa shape index (κ2) is 4.94. The molecule has 0 fully saturated rings. The minimum atomic E-state index is 0.109. The van der Waals surface area contributed by atoms with Crippen molar-refractivity contribution in [2.24, 2.45) is 0 Å². The van der Waals surface area contributed by atoms with Crippen molar-refractivity contribution in [2.45, 2.75) is 20.3 Å². The molecule has 0 saturated carbocycles. The van der Waals surface area contributed by atoms with E-state index in [1.807, 2.05) is 26.0 Å². The van der Waals surface area contributed by atoms with Crippen molar-refractivity contribution in [3.63, 3.8) is 0 Å².